The molecule has 1 fully saturated rings. The lowest BCUT2D eigenvalue weighted by atomic mass is 10.2. The average Bonchev–Trinajstić information content (AvgIpc) is 2.78. The molecule has 0 aromatic heterocycles. The topological polar surface area (TPSA) is 101 Å². The SMILES string of the molecule is Cc1ccc(NS(=O)(=O)c2ccc(N3C(=O)C(C)CS3(=O)=O)cc2)cc1Br. The van der Waals surface area contributed by atoms with E-state index in [2.05, 4.69) is 20.7 Å². The molecule has 10 heteroatoms. The highest BCUT2D eigenvalue weighted by Gasteiger charge is 2.41. The van der Waals surface area contributed by atoms with Crippen molar-refractivity contribution in [2.45, 2.75) is 18.7 Å². The van der Waals surface area contributed by atoms with Crippen LogP contribution >= 0.6 is 15.9 Å². The minimum atomic E-state index is -3.86. The van der Waals surface area contributed by atoms with E-state index in [0.717, 1.165) is 14.3 Å². The minimum absolute atomic E-state index is 0.0416. The van der Waals surface area contributed by atoms with E-state index in [0.29, 0.717) is 5.69 Å². The van der Waals surface area contributed by atoms with Crippen molar-refractivity contribution in [3.05, 3.63) is 52.5 Å². The molecule has 1 amide bonds. The van der Waals surface area contributed by atoms with Crippen molar-refractivity contribution < 1.29 is 21.6 Å². The molecule has 1 atom stereocenters. The Labute approximate surface area is 166 Å². The van der Waals surface area contributed by atoms with Crippen molar-refractivity contribution in [2.24, 2.45) is 5.92 Å². The number of amides is 1. The second-order valence-corrected chi connectivity index (χ2v) is 10.7. The predicted octanol–water partition coefficient (Wildman–Crippen LogP) is 2.87. The number of aryl methyl sites for hydroxylation is 1. The van der Waals surface area contributed by atoms with Crippen LogP contribution in [0.1, 0.15) is 12.5 Å². The van der Waals surface area contributed by atoms with Gasteiger partial charge in [-0.25, -0.2) is 21.1 Å². The maximum absolute atomic E-state index is 12.5. The summed E-state index contributed by atoms with van der Waals surface area (Å²) < 4.78 is 53.3. The number of sulfonamides is 2. The molecular formula is C17H17BrN2O5S2. The molecule has 1 aliphatic rings. The first-order valence-electron chi connectivity index (χ1n) is 7.97. The molecule has 2 aromatic rings. The van der Waals surface area contributed by atoms with E-state index in [1.54, 1.807) is 25.1 Å². The number of halogens is 1. The second-order valence-electron chi connectivity index (χ2n) is 6.35. The highest BCUT2D eigenvalue weighted by Crippen LogP contribution is 2.29. The predicted molar refractivity (Wildman–Crippen MR) is 107 cm³/mol. The number of hydrogen-bond donors (Lipinski definition) is 1. The number of rotatable bonds is 4. The minimum Gasteiger partial charge on any atom is -0.280 e. The molecule has 0 aliphatic carbocycles. The smallest absolute Gasteiger partial charge is 0.261 e. The van der Waals surface area contributed by atoms with Gasteiger partial charge >= 0.3 is 0 Å². The van der Waals surface area contributed by atoms with Crippen LogP contribution in [-0.2, 0) is 24.8 Å². The number of nitrogens with zero attached hydrogens (tertiary/aromatic N) is 1. The van der Waals surface area contributed by atoms with Crippen LogP contribution in [0, 0.1) is 12.8 Å². The van der Waals surface area contributed by atoms with Gasteiger partial charge in [-0.3, -0.25) is 9.52 Å². The summed E-state index contributed by atoms with van der Waals surface area (Å²) in [7, 11) is -7.59. The first-order chi connectivity index (χ1) is 12.5. The molecule has 1 N–H and O–H groups in total. The van der Waals surface area contributed by atoms with Crippen LogP contribution in [0.2, 0.25) is 0 Å². The third-order valence-corrected chi connectivity index (χ3v) is 8.29. The molecule has 1 heterocycles. The van der Waals surface area contributed by atoms with Crippen molar-refractivity contribution in [3.8, 4) is 0 Å². The van der Waals surface area contributed by atoms with Crippen molar-refractivity contribution in [2.75, 3.05) is 14.8 Å². The lowest BCUT2D eigenvalue weighted by Gasteiger charge is -2.16. The standard InChI is InChI=1S/C17H17BrN2O5S2/c1-11-3-4-13(9-16(11)18)19-27(24,25)15-7-5-14(6-8-15)20-17(21)12(2)10-26(20,22)23/h3-9,12,19H,10H2,1-2H3. The molecule has 144 valence electrons. The van der Waals surface area contributed by atoms with Gasteiger partial charge in [-0.2, -0.15) is 0 Å². The molecule has 27 heavy (non-hydrogen) atoms. The Hall–Kier alpha value is -1.91. The van der Waals surface area contributed by atoms with Gasteiger partial charge in [0.05, 0.1) is 22.3 Å². The zero-order valence-corrected chi connectivity index (χ0v) is 17.7. The molecular weight excluding hydrogens is 456 g/mol. The number of carbonyl (C=O) groups is 1. The van der Waals surface area contributed by atoms with Gasteiger partial charge in [0.2, 0.25) is 15.9 Å². The van der Waals surface area contributed by atoms with Crippen LogP contribution in [-0.4, -0.2) is 28.5 Å². The maximum Gasteiger partial charge on any atom is 0.261 e. The Kier molecular flexibility index (Phi) is 5.08. The zero-order chi connectivity index (χ0) is 20.0. The van der Waals surface area contributed by atoms with E-state index >= 15 is 0 Å². The Morgan fingerprint density at radius 2 is 1.78 bits per heavy atom. The van der Waals surface area contributed by atoms with Crippen LogP contribution in [0.5, 0.6) is 0 Å². The first-order valence-corrected chi connectivity index (χ1v) is 11.9. The number of benzene rings is 2. The van der Waals surface area contributed by atoms with E-state index in [1.807, 2.05) is 6.92 Å². The number of anilines is 2. The van der Waals surface area contributed by atoms with Gasteiger partial charge < -0.3 is 0 Å². The van der Waals surface area contributed by atoms with Crippen LogP contribution < -0.4 is 9.03 Å². The third kappa shape index (κ3) is 3.87. The van der Waals surface area contributed by atoms with Gasteiger partial charge in [0.1, 0.15) is 0 Å². The fraction of sp³-hybridized carbons (Fsp3) is 0.235. The molecule has 0 radical (unpaired) electrons. The van der Waals surface area contributed by atoms with Crippen LogP contribution in [0.15, 0.2) is 51.8 Å². The van der Waals surface area contributed by atoms with Crippen molar-refractivity contribution in [1.82, 2.24) is 0 Å². The van der Waals surface area contributed by atoms with E-state index in [4.69, 9.17) is 0 Å². The second kappa shape index (κ2) is 6.92. The quantitative estimate of drug-likeness (QED) is 0.736. The lowest BCUT2D eigenvalue weighted by Crippen LogP contribution is -2.30. The van der Waals surface area contributed by atoms with Gasteiger partial charge in [0, 0.05) is 10.2 Å². The van der Waals surface area contributed by atoms with E-state index in [-0.39, 0.29) is 16.3 Å². The molecule has 0 saturated carbocycles. The van der Waals surface area contributed by atoms with Gasteiger partial charge in [0.25, 0.3) is 10.0 Å². The van der Waals surface area contributed by atoms with E-state index < -0.39 is 31.9 Å². The fourth-order valence-corrected chi connectivity index (χ4v) is 5.97. The highest BCUT2D eigenvalue weighted by molar-refractivity contribution is 9.10. The van der Waals surface area contributed by atoms with E-state index in [9.17, 15) is 21.6 Å². The summed E-state index contributed by atoms with van der Waals surface area (Å²) in [6.07, 6.45) is 0. The summed E-state index contributed by atoms with van der Waals surface area (Å²) in [6, 6.07) is 10.2. The van der Waals surface area contributed by atoms with Crippen LogP contribution in [0.25, 0.3) is 0 Å². The zero-order valence-electron chi connectivity index (χ0n) is 14.5. The van der Waals surface area contributed by atoms with Gasteiger partial charge in [-0.1, -0.05) is 28.9 Å². The van der Waals surface area contributed by atoms with Crippen molar-refractivity contribution >= 4 is 53.3 Å². The first kappa shape index (κ1) is 19.8. The summed E-state index contributed by atoms with van der Waals surface area (Å²) in [6.45, 7) is 3.43. The summed E-state index contributed by atoms with van der Waals surface area (Å²) in [5, 5.41) is 0. The lowest BCUT2D eigenvalue weighted by molar-refractivity contribution is -0.119. The average molecular weight is 473 g/mol. The number of hydrogen-bond acceptors (Lipinski definition) is 5. The van der Waals surface area contributed by atoms with Crippen molar-refractivity contribution in [1.29, 1.82) is 0 Å². The molecule has 3 rings (SSSR count). The largest absolute Gasteiger partial charge is 0.280 e. The Bertz CT molecular complexity index is 1110. The summed E-state index contributed by atoms with van der Waals surface area (Å²) in [5.41, 5.74) is 1.48. The van der Waals surface area contributed by atoms with Gasteiger partial charge in [-0.05, 0) is 48.9 Å². The highest BCUT2D eigenvalue weighted by atomic mass is 79.9. The summed E-state index contributed by atoms with van der Waals surface area (Å²) in [5.74, 6) is -1.40. The summed E-state index contributed by atoms with van der Waals surface area (Å²) >= 11 is 3.35. The Morgan fingerprint density at radius 3 is 2.30 bits per heavy atom. The molecule has 0 bridgehead atoms. The normalized spacial score (nSPS) is 19.3. The Morgan fingerprint density at radius 1 is 1.15 bits per heavy atom. The van der Waals surface area contributed by atoms with E-state index in [1.165, 1.54) is 24.3 Å². The third-order valence-electron chi connectivity index (χ3n) is 4.17. The molecule has 1 saturated heterocycles. The fourth-order valence-electron chi connectivity index (χ4n) is 2.72. The Balaban J connectivity index is 1.88. The molecule has 7 nitrogen and oxygen atoms in total. The number of carbonyl (C=O) groups excluding carboxylic acids is 1. The van der Waals surface area contributed by atoms with Crippen LogP contribution in [0.4, 0.5) is 11.4 Å². The maximum atomic E-state index is 12.5. The van der Waals surface area contributed by atoms with Gasteiger partial charge in [0.15, 0.2) is 0 Å². The molecule has 0 spiro atoms. The molecule has 2 aromatic carbocycles. The summed E-state index contributed by atoms with van der Waals surface area (Å²) in [4.78, 5) is 12.1. The molecule has 1 unspecified atom stereocenters. The van der Waals surface area contributed by atoms with Crippen molar-refractivity contribution in [3.63, 3.8) is 0 Å². The van der Waals surface area contributed by atoms with Gasteiger partial charge in [-0.15, -0.1) is 0 Å². The molecule has 1 aliphatic heterocycles. The van der Waals surface area contributed by atoms with Crippen LogP contribution in [0.3, 0.4) is 0 Å². The monoisotopic (exact) mass is 472 g/mol. The number of nitrogens with one attached hydrogen (secondary N) is 1.